The summed E-state index contributed by atoms with van der Waals surface area (Å²) in [6.07, 6.45) is 0. The van der Waals surface area contributed by atoms with Crippen LogP contribution in [0, 0.1) is 29.0 Å². The molecule has 0 fully saturated rings. The minimum Gasteiger partial charge on any atom is -0.488 e. The Morgan fingerprint density at radius 3 is 2.85 bits per heavy atom. The second-order valence-corrected chi connectivity index (χ2v) is 4.76. The molecule has 0 unspecified atom stereocenters. The summed E-state index contributed by atoms with van der Waals surface area (Å²) >= 11 is 1.48. The molecule has 0 spiro atoms. The fraction of sp³-hybridized carbons (Fsp3) is 0.133. The van der Waals surface area contributed by atoms with Crippen LogP contribution in [-0.2, 0) is 6.61 Å². The van der Waals surface area contributed by atoms with Crippen molar-refractivity contribution < 1.29 is 14.2 Å². The second kappa shape index (κ2) is 6.72. The van der Waals surface area contributed by atoms with Gasteiger partial charge in [0, 0.05) is 11.6 Å². The van der Waals surface area contributed by atoms with Crippen molar-refractivity contribution in [1.82, 2.24) is 0 Å². The van der Waals surface area contributed by atoms with E-state index >= 15 is 0 Å². The van der Waals surface area contributed by atoms with E-state index in [9.17, 15) is 4.39 Å². The van der Waals surface area contributed by atoms with Crippen LogP contribution >= 0.6 is 11.3 Å². The molecule has 0 amide bonds. The number of hydrogen-bond acceptors (Lipinski definition) is 4. The van der Waals surface area contributed by atoms with Gasteiger partial charge in [0.1, 0.15) is 30.8 Å². The number of aliphatic hydroxyl groups is 1. The third-order valence-corrected chi connectivity index (χ3v) is 3.37. The maximum absolute atomic E-state index is 13.4. The Bertz CT molecular complexity index is 707. The zero-order chi connectivity index (χ0) is 14.4. The SMILES string of the molecule is N#Cc1ccc(OCc2sccc2C#CCO)cc1F. The highest BCUT2D eigenvalue weighted by molar-refractivity contribution is 7.10. The van der Waals surface area contributed by atoms with E-state index in [2.05, 4.69) is 11.8 Å². The van der Waals surface area contributed by atoms with Crippen molar-refractivity contribution in [2.75, 3.05) is 6.61 Å². The molecule has 0 bridgehead atoms. The van der Waals surface area contributed by atoms with Crippen molar-refractivity contribution in [3.05, 3.63) is 51.5 Å². The molecule has 1 aromatic carbocycles. The van der Waals surface area contributed by atoms with Gasteiger partial charge >= 0.3 is 0 Å². The van der Waals surface area contributed by atoms with Gasteiger partial charge < -0.3 is 9.84 Å². The van der Waals surface area contributed by atoms with E-state index in [0.717, 1.165) is 10.4 Å². The van der Waals surface area contributed by atoms with Gasteiger partial charge in [0.2, 0.25) is 0 Å². The van der Waals surface area contributed by atoms with Crippen molar-refractivity contribution in [3.63, 3.8) is 0 Å². The Kier molecular flexibility index (Phi) is 4.73. The van der Waals surface area contributed by atoms with Gasteiger partial charge in [0.15, 0.2) is 0 Å². The lowest BCUT2D eigenvalue weighted by molar-refractivity contribution is 0.308. The molecule has 20 heavy (non-hydrogen) atoms. The van der Waals surface area contributed by atoms with E-state index < -0.39 is 5.82 Å². The van der Waals surface area contributed by atoms with Crippen LogP contribution in [0.4, 0.5) is 4.39 Å². The molecule has 0 aliphatic carbocycles. The minimum atomic E-state index is -0.600. The number of ether oxygens (including phenoxy) is 1. The Morgan fingerprint density at radius 2 is 2.15 bits per heavy atom. The van der Waals surface area contributed by atoms with Gasteiger partial charge in [0.05, 0.1) is 10.4 Å². The summed E-state index contributed by atoms with van der Waals surface area (Å²) in [6, 6.07) is 7.71. The number of thiophene rings is 1. The molecule has 2 aromatic rings. The fourth-order valence-electron chi connectivity index (χ4n) is 1.52. The van der Waals surface area contributed by atoms with Crippen molar-refractivity contribution >= 4 is 11.3 Å². The van der Waals surface area contributed by atoms with Crippen LogP contribution in [0.2, 0.25) is 0 Å². The van der Waals surface area contributed by atoms with Gasteiger partial charge in [-0.2, -0.15) is 5.26 Å². The Balaban J connectivity index is 2.08. The highest BCUT2D eigenvalue weighted by Crippen LogP contribution is 2.21. The average Bonchev–Trinajstić information content (AvgIpc) is 2.90. The maximum Gasteiger partial charge on any atom is 0.144 e. The van der Waals surface area contributed by atoms with Crippen molar-refractivity contribution in [1.29, 1.82) is 5.26 Å². The first-order chi connectivity index (χ1) is 9.74. The zero-order valence-corrected chi connectivity index (χ0v) is 11.2. The van der Waals surface area contributed by atoms with Crippen LogP contribution in [0.1, 0.15) is 16.0 Å². The first kappa shape index (κ1) is 14.1. The number of aliphatic hydroxyl groups excluding tert-OH is 1. The van der Waals surface area contributed by atoms with Crippen LogP contribution in [0.5, 0.6) is 5.75 Å². The molecule has 3 nitrogen and oxygen atoms in total. The molecule has 0 saturated carbocycles. The number of halogens is 1. The summed E-state index contributed by atoms with van der Waals surface area (Å²) in [4.78, 5) is 0.899. The van der Waals surface area contributed by atoms with Gasteiger partial charge in [-0.1, -0.05) is 11.8 Å². The molecule has 1 N–H and O–H groups in total. The highest BCUT2D eigenvalue weighted by atomic mass is 32.1. The summed E-state index contributed by atoms with van der Waals surface area (Å²) in [5.41, 5.74) is 0.779. The first-order valence-corrected chi connectivity index (χ1v) is 6.61. The molecule has 0 saturated heterocycles. The smallest absolute Gasteiger partial charge is 0.144 e. The van der Waals surface area contributed by atoms with E-state index in [0.29, 0.717) is 5.75 Å². The monoisotopic (exact) mass is 287 g/mol. The molecule has 2 rings (SSSR count). The Morgan fingerprint density at radius 1 is 1.30 bits per heavy atom. The normalized spacial score (nSPS) is 9.45. The third-order valence-electron chi connectivity index (χ3n) is 2.48. The summed E-state index contributed by atoms with van der Waals surface area (Å²) in [5.74, 6) is 5.15. The van der Waals surface area contributed by atoms with E-state index in [-0.39, 0.29) is 18.8 Å². The van der Waals surface area contributed by atoms with Crippen LogP contribution in [0.15, 0.2) is 29.6 Å². The fourth-order valence-corrected chi connectivity index (χ4v) is 2.27. The topological polar surface area (TPSA) is 53.2 Å². The summed E-state index contributed by atoms with van der Waals surface area (Å²) in [7, 11) is 0. The Labute approximate surface area is 119 Å². The van der Waals surface area contributed by atoms with Crippen LogP contribution < -0.4 is 4.74 Å². The van der Waals surface area contributed by atoms with E-state index in [1.54, 1.807) is 12.1 Å². The molecule has 0 aliphatic heterocycles. The molecular weight excluding hydrogens is 277 g/mol. The van der Waals surface area contributed by atoms with Crippen LogP contribution in [0.25, 0.3) is 0 Å². The molecule has 100 valence electrons. The summed E-state index contributed by atoms with van der Waals surface area (Å²) in [5, 5.41) is 19.2. The van der Waals surface area contributed by atoms with Gasteiger partial charge in [-0.15, -0.1) is 11.3 Å². The zero-order valence-electron chi connectivity index (χ0n) is 10.4. The van der Waals surface area contributed by atoms with Crippen LogP contribution in [0.3, 0.4) is 0 Å². The third kappa shape index (κ3) is 3.36. The molecule has 0 radical (unpaired) electrons. The highest BCUT2D eigenvalue weighted by Gasteiger charge is 2.06. The van der Waals surface area contributed by atoms with Crippen LogP contribution in [-0.4, -0.2) is 11.7 Å². The standard InChI is InChI=1S/C15H10FNO2S/c16-14-8-13(4-3-12(14)9-17)19-10-15-11(2-1-6-18)5-7-20-15/h3-5,7-8,18H,6,10H2. The first-order valence-electron chi connectivity index (χ1n) is 5.73. The molecule has 0 atom stereocenters. The minimum absolute atomic E-state index is 0.0111. The van der Waals surface area contributed by atoms with E-state index in [1.165, 1.54) is 23.5 Å². The predicted molar refractivity (Wildman–Crippen MR) is 73.7 cm³/mol. The number of nitrogens with zero attached hydrogens (tertiary/aromatic N) is 1. The van der Waals surface area contributed by atoms with Crippen molar-refractivity contribution in [2.24, 2.45) is 0 Å². The largest absolute Gasteiger partial charge is 0.488 e. The quantitative estimate of drug-likeness (QED) is 0.883. The molecule has 5 heteroatoms. The number of hydrogen-bond donors (Lipinski definition) is 1. The maximum atomic E-state index is 13.4. The summed E-state index contributed by atoms with van der Waals surface area (Å²) < 4.78 is 18.9. The summed E-state index contributed by atoms with van der Waals surface area (Å²) in [6.45, 7) is 0.0649. The van der Waals surface area contributed by atoms with E-state index in [1.807, 2.05) is 11.4 Å². The molecule has 1 heterocycles. The van der Waals surface area contributed by atoms with Crippen molar-refractivity contribution in [3.8, 4) is 23.7 Å². The van der Waals surface area contributed by atoms with E-state index in [4.69, 9.17) is 15.1 Å². The second-order valence-electron chi connectivity index (χ2n) is 3.76. The molecular formula is C15H10FNO2S. The number of nitriles is 1. The van der Waals surface area contributed by atoms with Gasteiger partial charge in [0.25, 0.3) is 0 Å². The van der Waals surface area contributed by atoms with Gasteiger partial charge in [-0.3, -0.25) is 0 Å². The van der Waals surface area contributed by atoms with Gasteiger partial charge in [-0.05, 0) is 23.6 Å². The predicted octanol–water partition coefficient (Wildman–Crippen LogP) is 2.68. The van der Waals surface area contributed by atoms with Gasteiger partial charge in [-0.25, -0.2) is 4.39 Å². The number of benzene rings is 1. The van der Waals surface area contributed by atoms with Crippen molar-refractivity contribution in [2.45, 2.75) is 6.61 Å². The molecule has 1 aromatic heterocycles. The molecule has 0 aliphatic rings. The lowest BCUT2D eigenvalue weighted by Crippen LogP contribution is -1.96. The lowest BCUT2D eigenvalue weighted by Gasteiger charge is -2.05. The Hall–Kier alpha value is -2.34. The average molecular weight is 287 g/mol. The lowest BCUT2D eigenvalue weighted by atomic mass is 10.2. The number of rotatable bonds is 3.